The predicted molar refractivity (Wildman–Crippen MR) is 76.7 cm³/mol. The van der Waals surface area contributed by atoms with Crippen molar-refractivity contribution in [3.63, 3.8) is 0 Å². The number of hydrogen-bond acceptors (Lipinski definition) is 2. The first-order valence-corrected chi connectivity index (χ1v) is 6.65. The first kappa shape index (κ1) is 11.0. The number of hydrogen-bond donors (Lipinski definition) is 0. The van der Waals surface area contributed by atoms with Crippen molar-refractivity contribution in [3.05, 3.63) is 59.0 Å². The number of nitrogens with zero attached hydrogens (tertiary/aromatic N) is 1. The summed E-state index contributed by atoms with van der Waals surface area (Å²) in [6, 6.07) is 16.5. The fourth-order valence-corrected chi connectivity index (χ4v) is 3.22. The van der Waals surface area contributed by atoms with Crippen LogP contribution in [-0.4, -0.2) is 0 Å². The third-order valence-electron chi connectivity index (χ3n) is 3.05. The predicted octanol–water partition coefficient (Wildman–Crippen LogP) is 4.75. The van der Waals surface area contributed by atoms with E-state index in [-0.39, 0.29) is 0 Å². The van der Waals surface area contributed by atoms with Crippen LogP contribution in [0, 0.1) is 18.3 Å². The molecule has 1 aromatic heterocycles. The average Bonchev–Trinajstić information content (AvgIpc) is 2.81. The van der Waals surface area contributed by atoms with Crippen molar-refractivity contribution in [2.75, 3.05) is 0 Å². The summed E-state index contributed by atoms with van der Waals surface area (Å²) in [5.41, 5.74) is 3.03. The lowest BCUT2D eigenvalue weighted by Crippen LogP contribution is -1.81. The fraction of sp³-hybridized carbons (Fsp3) is 0.0625. The molecule has 0 bridgehead atoms. The van der Waals surface area contributed by atoms with Gasteiger partial charge < -0.3 is 0 Å². The highest BCUT2D eigenvalue weighted by atomic mass is 32.1. The largest absolute Gasteiger partial charge is 0.192 e. The number of benzene rings is 2. The van der Waals surface area contributed by atoms with Crippen molar-refractivity contribution in [2.24, 2.45) is 0 Å². The van der Waals surface area contributed by atoms with Gasteiger partial charge in [0.2, 0.25) is 0 Å². The number of rotatable bonds is 1. The molecule has 2 heteroatoms. The molecule has 1 nitrogen and oxygen atoms in total. The van der Waals surface area contributed by atoms with E-state index >= 15 is 0 Å². The zero-order chi connectivity index (χ0) is 12.5. The lowest BCUT2D eigenvalue weighted by atomic mass is 10.0. The number of thiophene rings is 1. The van der Waals surface area contributed by atoms with Crippen molar-refractivity contribution in [1.29, 1.82) is 5.26 Å². The number of aryl methyl sites for hydroxylation is 1. The van der Waals surface area contributed by atoms with Crippen LogP contribution in [0.2, 0.25) is 0 Å². The van der Waals surface area contributed by atoms with E-state index in [9.17, 15) is 5.26 Å². The summed E-state index contributed by atoms with van der Waals surface area (Å²) in [5, 5.41) is 13.8. The first-order valence-electron chi connectivity index (χ1n) is 5.77. The van der Waals surface area contributed by atoms with E-state index in [4.69, 9.17) is 0 Å². The molecule has 3 aromatic rings. The van der Waals surface area contributed by atoms with Gasteiger partial charge in [-0.2, -0.15) is 5.26 Å². The molecule has 1 heterocycles. The second-order valence-electron chi connectivity index (χ2n) is 4.31. The van der Waals surface area contributed by atoms with Gasteiger partial charge in [0.1, 0.15) is 0 Å². The topological polar surface area (TPSA) is 23.8 Å². The highest BCUT2D eigenvalue weighted by Gasteiger charge is 2.10. The number of nitriles is 1. The Hall–Kier alpha value is -2.11. The van der Waals surface area contributed by atoms with Crippen molar-refractivity contribution < 1.29 is 0 Å². The SMILES string of the molecule is Cc1ccc2c(-c3ccccc3C#N)scc2c1. The summed E-state index contributed by atoms with van der Waals surface area (Å²) in [6.07, 6.45) is 0. The third kappa shape index (κ3) is 1.70. The second kappa shape index (κ2) is 4.29. The first-order chi connectivity index (χ1) is 8.79. The van der Waals surface area contributed by atoms with Crippen LogP contribution in [0.1, 0.15) is 11.1 Å². The Kier molecular flexibility index (Phi) is 2.62. The van der Waals surface area contributed by atoms with Crippen LogP contribution in [0.4, 0.5) is 0 Å². The van der Waals surface area contributed by atoms with Gasteiger partial charge in [-0.15, -0.1) is 11.3 Å². The second-order valence-corrected chi connectivity index (χ2v) is 5.19. The Morgan fingerprint density at radius 2 is 1.94 bits per heavy atom. The molecule has 0 atom stereocenters. The smallest absolute Gasteiger partial charge is 0.0998 e. The van der Waals surface area contributed by atoms with E-state index in [1.54, 1.807) is 11.3 Å². The lowest BCUT2D eigenvalue weighted by Gasteiger charge is -2.02. The molecule has 0 saturated heterocycles. The maximum absolute atomic E-state index is 9.19. The monoisotopic (exact) mass is 249 g/mol. The van der Waals surface area contributed by atoms with E-state index in [2.05, 4.69) is 36.6 Å². The fourth-order valence-electron chi connectivity index (χ4n) is 2.16. The molecule has 0 aliphatic carbocycles. The highest BCUT2D eigenvalue weighted by molar-refractivity contribution is 7.15. The molecule has 0 radical (unpaired) electrons. The molecule has 0 unspecified atom stereocenters. The summed E-state index contributed by atoms with van der Waals surface area (Å²) in [6.45, 7) is 2.10. The Labute approximate surface area is 110 Å². The zero-order valence-electron chi connectivity index (χ0n) is 9.97. The van der Waals surface area contributed by atoms with E-state index < -0.39 is 0 Å². The van der Waals surface area contributed by atoms with Crippen molar-refractivity contribution >= 4 is 22.1 Å². The average molecular weight is 249 g/mol. The summed E-state index contributed by atoms with van der Waals surface area (Å²) < 4.78 is 0. The van der Waals surface area contributed by atoms with Crippen LogP contribution in [0.15, 0.2) is 47.8 Å². The summed E-state index contributed by atoms with van der Waals surface area (Å²) in [4.78, 5) is 1.18. The molecule has 86 valence electrons. The van der Waals surface area contributed by atoms with Gasteiger partial charge in [0.05, 0.1) is 11.6 Å². The van der Waals surface area contributed by atoms with Gasteiger partial charge in [-0.3, -0.25) is 0 Å². The van der Waals surface area contributed by atoms with Crippen LogP contribution in [0.3, 0.4) is 0 Å². The van der Waals surface area contributed by atoms with Crippen LogP contribution in [0.5, 0.6) is 0 Å². The minimum absolute atomic E-state index is 0.738. The molecule has 0 aliphatic heterocycles. The molecular formula is C16H11NS. The zero-order valence-corrected chi connectivity index (χ0v) is 10.8. The number of fused-ring (bicyclic) bond motifs is 1. The van der Waals surface area contributed by atoms with E-state index in [1.165, 1.54) is 21.2 Å². The minimum atomic E-state index is 0.738. The molecule has 0 N–H and O–H groups in total. The summed E-state index contributed by atoms with van der Waals surface area (Å²) in [5.74, 6) is 0. The van der Waals surface area contributed by atoms with Crippen LogP contribution in [0.25, 0.3) is 21.2 Å². The van der Waals surface area contributed by atoms with Gasteiger partial charge in [-0.25, -0.2) is 0 Å². The maximum atomic E-state index is 9.19. The normalized spacial score (nSPS) is 10.4. The van der Waals surface area contributed by atoms with Crippen molar-refractivity contribution in [1.82, 2.24) is 0 Å². The molecule has 0 fully saturated rings. The molecule has 3 rings (SSSR count). The van der Waals surface area contributed by atoms with E-state index in [0.717, 1.165) is 11.1 Å². The van der Waals surface area contributed by atoms with Gasteiger partial charge in [-0.1, -0.05) is 42.0 Å². The van der Waals surface area contributed by atoms with E-state index in [0.29, 0.717) is 0 Å². The van der Waals surface area contributed by atoms with Gasteiger partial charge in [0.15, 0.2) is 0 Å². The Balaban J connectivity index is 2.30. The van der Waals surface area contributed by atoms with Crippen LogP contribution >= 0.6 is 11.3 Å². The Morgan fingerprint density at radius 3 is 2.78 bits per heavy atom. The highest BCUT2D eigenvalue weighted by Crippen LogP contribution is 2.36. The molecule has 0 spiro atoms. The van der Waals surface area contributed by atoms with E-state index in [1.807, 2.05) is 24.3 Å². The molecule has 18 heavy (non-hydrogen) atoms. The minimum Gasteiger partial charge on any atom is -0.192 e. The van der Waals surface area contributed by atoms with Gasteiger partial charge >= 0.3 is 0 Å². The van der Waals surface area contributed by atoms with Crippen molar-refractivity contribution in [2.45, 2.75) is 6.92 Å². The summed E-state index contributed by atoms with van der Waals surface area (Å²) in [7, 11) is 0. The molecule has 2 aromatic carbocycles. The Morgan fingerprint density at radius 1 is 1.11 bits per heavy atom. The third-order valence-corrected chi connectivity index (χ3v) is 4.09. The van der Waals surface area contributed by atoms with Crippen LogP contribution in [-0.2, 0) is 0 Å². The van der Waals surface area contributed by atoms with Gasteiger partial charge in [-0.05, 0) is 23.8 Å². The molecule has 0 amide bonds. The lowest BCUT2D eigenvalue weighted by molar-refractivity contribution is 1.49. The molecule has 0 saturated carbocycles. The molecular weight excluding hydrogens is 238 g/mol. The summed E-state index contributed by atoms with van der Waals surface area (Å²) >= 11 is 1.70. The van der Waals surface area contributed by atoms with Crippen molar-refractivity contribution in [3.8, 4) is 16.5 Å². The van der Waals surface area contributed by atoms with Crippen LogP contribution < -0.4 is 0 Å². The standard InChI is InChI=1S/C16H11NS/c1-11-6-7-15-13(8-11)10-18-16(15)14-5-3-2-4-12(14)9-17/h2-8,10H,1H3. The molecule has 0 aliphatic rings. The maximum Gasteiger partial charge on any atom is 0.0998 e. The quantitative estimate of drug-likeness (QED) is 0.610. The van der Waals surface area contributed by atoms with Gasteiger partial charge in [0.25, 0.3) is 0 Å². The Bertz CT molecular complexity index is 762. The van der Waals surface area contributed by atoms with Gasteiger partial charge in [0, 0.05) is 15.8 Å².